The van der Waals surface area contributed by atoms with Crippen LogP contribution in [0.4, 0.5) is 0 Å². The van der Waals surface area contributed by atoms with Gasteiger partial charge in [-0.15, -0.1) is 0 Å². The third-order valence-corrected chi connectivity index (χ3v) is 6.48. The van der Waals surface area contributed by atoms with Crippen LogP contribution in [-0.4, -0.2) is 55.2 Å². The molecule has 4 rings (SSSR count). The van der Waals surface area contributed by atoms with Crippen LogP contribution in [0.15, 0.2) is 67.3 Å². The number of carbonyl (C=O) groups excluding carboxylic acids is 1. The molecule has 4 N–H and O–H groups in total. The van der Waals surface area contributed by atoms with Crippen LogP contribution < -0.4 is 16.0 Å². The molecule has 0 saturated carbocycles. The minimum atomic E-state index is -1.06. The molecule has 1 amide bonds. The number of rotatable bonds is 13. The molecule has 10 heteroatoms. The van der Waals surface area contributed by atoms with Crippen LogP contribution in [0.5, 0.6) is 0 Å². The number of fused-ring (bicyclic) bond motifs is 1. The van der Waals surface area contributed by atoms with Crippen LogP contribution >= 0.6 is 0 Å². The Hall–Kier alpha value is -4.02. The molecule has 0 aliphatic heterocycles. The fourth-order valence-corrected chi connectivity index (χ4v) is 4.36. The van der Waals surface area contributed by atoms with Gasteiger partial charge in [0, 0.05) is 44.4 Å². The van der Waals surface area contributed by atoms with Gasteiger partial charge in [0.25, 0.3) is 5.91 Å². The first-order valence-electron chi connectivity index (χ1n) is 12.3. The van der Waals surface area contributed by atoms with E-state index in [0.717, 1.165) is 22.4 Å². The van der Waals surface area contributed by atoms with E-state index in [1.54, 1.807) is 24.5 Å². The standard InChI is InChI=1S/C27H33N7O3/c1-33-12-10-30-24(33)17-28-15-19(16-29-18-25-31-11-13-34(25)2)14-23(27(36)37)32-26(35)22-9-5-7-20-6-3-4-8-21(20)22/h3-13,19,23,28-29H,14-18H2,1-2H3,(H,32,35)(H,36,37). The van der Waals surface area contributed by atoms with Gasteiger partial charge in [0.1, 0.15) is 17.7 Å². The number of carboxylic acids is 1. The zero-order chi connectivity index (χ0) is 26.2. The topological polar surface area (TPSA) is 126 Å². The molecular formula is C27H33N7O3. The van der Waals surface area contributed by atoms with Crippen LogP contribution in [0, 0.1) is 5.92 Å². The molecule has 10 nitrogen and oxygen atoms in total. The Morgan fingerprint density at radius 3 is 2.05 bits per heavy atom. The third-order valence-electron chi connectivity index (χ3n) is 6.48. The van der Waals surface area contributed by atoms with Gasteiger partial charge in [-0.25, -0.2) is 14.8 Å². The highest BCUT2D eigenvalue weighted by Crippen LogP contribution is 2.19. The van der Waals surface area contributed by atoms with Gasteiger partial charge in [-0.2, -0.15) is 0 Å². The van der Waals surface area contributed by atoms with Gasteiger partial charge < -0.3 is 30.2 Å². The number of carboxylic acid groups (broad SMARTS) is 1. The lowest BCUT2D eigenvalue weighted by atomic mass is 9.98. The molecule has 0 spiro atoms. The molecule has 0 radical (unpaired) electrons. The SMILES string of the molecule is Cn1ccnc1CNCC(CNCc1nccn1C)CC(NC(=O)c1cccc2ccccc12)C(=O)O. The van der Waals surface area contributed by atoms with Crippen LogP contribution in [0.25, 0.3) is 10.8 Å². The third kappa shape index (κ3) is 6.81. The largest absolute Gasteiger partial charge is 0.480 e. The molecule has 0 aliphatic rings. The maximum Gasteiger partial charge on any atom is 0.326 e. The van der Waals surface area contributed by atoms with Crippen LogP contribution in [0.1, 0.15) is 28.4 Å². The quantitative estimate of drug-likeness (QED) is 0.220. The predicted octanol–water partition coefficient (Wildman–Crippen LogP) is 2.08. The summed E-state index contributed by atoms with van der Waals surface area (Å²) >= 11 is 0. The van der Waals surface area contributed by atoms with Gasteiger partial charge in [0.2, 0.25) is 0 Å². The van der Waals surface area contributed by atoms with E-state index in [0.29, 0.717) is 31.7 Å². The molecule has 0 saturated heterocycles. The summed E-state index contributed by atoms with van der Waals surface area (Å²) in [4.78, 5) is 34.0. The molecule has 1 atom stereocenters. The van der Waals surface area contributed by atoms with Crippen LogP contribution in [0.2, 0.25) is 0 Å². The summed E-state index contributed by atoms with van der Waals surface area (Å²) in [6.45, 7) is 2.21. The number of carbonyl (C=O) groups is 2. The van der Waals surface area contributed by atoms with E-state index in [2.05, 4.69) is 25.9 Å². The lowest BCUT2D eigenvalue weighted by Crippen LogP contribution is -2.45. The summed E-state index contributed by atoms with van der Waals surface area (Å²) in [7, 11) is 3.86. The summed E-state index contributed by atoms with van der Waals surface area (Å²) in [6, 6.07) is 12.0. The maximum atomic E-state index is 13.1. The molecule has 37 heavy (non-hydrogen) atoms. The van der Waals surface area contributed by atoms with E-state index in [1.807, 2.05) is 66.0 Å². The molecule has 0 aliphatic carbocycles. The number of aliphatic carboxylic acids is 1. The van der Waals surface area contributed by atoms with Gasteiger partial charge in [-0.1, -0.05) is 36.4 Å². The fourth-order valence-electron chi connectivity index (χ4n) is 4.36. The number of aromatic nitrogens is 4. The number of aryl methyl sites for hydroxylation is 2. The summed E-state index contributed by atoms with van der Waals surface area (Å²) in [5.41, 5.74) is 0.460. The Morgan fingerprint density at radius 2 is 1.49 bits per heavy atom. The molecule has 1 unspecified atom stereocenters. The highest BCUT2D eigenvalue weighted by molar-refractivity contribution is 6.07. The number of benzene rings is 2. The fraction of sp³-hybridized carbons (Fsp3) is 0.333. The van der Waals surface area contributed by atoms with Gasteiger partial charge in [0.05, 0.1) is 13.1 Å². The van der Waals surface area contributed by atoms with Crippen LogP contribution in [0.3, 0.4) is 0 Å². The van der Waals surface area contributed by atoms with Gasteiger partial charge in [-0.05, 0) is 42.3 Å². The molecule has 2 aromatic carbocycles. The Kier molecular flexibility index (Phi) is 8.65. The lowest BCUT2D eigenvalue weighted by Gasteiger charge is -2.23. The summed E-state index contributed by atoms with van der Waals surface area (Å²) in [6.07, 6.45) is 7.50. The Balaban J connectivity index is 1.43. The smallest absolute Gasteiger partial charge is 0.326 e. The van der Waals surface area contributed by atoms with Crippen molar-refractivity contribution in [1.29, 1.82) is 0 Å². The van der Waals surface area contributed by atoms with E-state index in [1.165, 1.54) is 0 Å². The average Bonchev–Trinajstić information content (AvgIpc) is 3.50. The second-order valence-electron chi connectivity index (χ2n) is 9.16. The molecule has 2 heterocycles. The van der Waals surface area contributed by atoms with Crippen molar-refractivity contribution in [2.45, 2.75) is 25.6 Å². The van der Waals surface area contributed by atoms with Gasteiger partial charge >= 0.3 is 5.97 Å². The van der Waals surface area contributed by atoms with Crippen LogP contribution in [-0.2, 0) is 32.0 Å². The molecular weight excluding hydrogens is 470 g/mol. The summed E-state index contributed by atoms with van der Waals surface area (Å²) in [5, 5.41) is 21.2. The molecule has 2 aromatic heterocycles. The molecule has 0 fully saturated rings. The zero-order valence-electron chi connectivity index (χ0n) is 21.1. The molecule has 4 aromatic rings. The Bertz CT molecular complexity index is 1300. The Labute approximate surface area is 215 Å². The van der Waals surface area contributed by atoms with Crippen molar-refractivity contribution in [2.24, 2.45) is 20.0 Å². The second kappa shape index (κ2) is 12.3. The van der Waals surface area contributed by atoms with Crippen molar-refractivity contribution in [1.82, 2.24) is 35.1 Å². The zero-order valence-corrected chi connectivity index (χ0v) is 21.1. The average molecular weight is 504 g/mol. The molecule has 0 bridgehead atoms. The number of nitrogens with one attached hydrogen (secondary N) is 3. The van der Waals surface area contributed by atoms with E-state index < -0.39 is 17.9 Å². The van der Waals surface area contributed by atoms with Gasteiger partial charge in [0.15, 0.2) is 0 Å². The highest BCUT2D eigenvalue weighted by Gasteiger charge is 2.25. The van der Waals surface area contributed by atoms with Crippen molar-refractivity contribution in [2.75, 3.05) is 13.1 Å². The summed E-state index contributed by atoms with van der Waals surface area (Å²) < 4.78 is 3.87. The predicted molar refractivity (Wildman–Crippen MR) is 141 cm³/mol. The number of nitrogens with zero attached hydrogens (tertiary/aromatic N) is 4. The maximum absolute atomic E-state index is 13.1. The number of amides is 1. The van der Waals surface area contributed by atoms with Crippen molar-refractivity contribution in [3.63, 3.8) is 0 Å². The first-order valence-corrected chi connectivity index (χ1v) is 12.3. The minimum absolute atomic E-state index is 0.0746. The van der Waals surface area contributed by atoms with E-state index >= 15 is 0 Å². The van der Waals surface area contributed by atoms with Gasteiger partial charge in [-0.3, -0.25) is 4.79 Å². The number of imidazole rings is 2. The minimum Gasteiger partial charge on any atom is -0.480 e. The Morgan fingerprint density at radius 1 is 0.892 bits per heavy atom. The van der Waals surface area contributed by atoms with Crippen molar-refractivity contribution < 1.29 is 14.7 Å². The van der Waals surface area contributed by atoms with E-state index in [-0.39, 0.29) is 12.3 Å². The van der Waals surface area contributed by atoms with Crippen molar-refractivity contribution in [3.8, 4) is 0 Å². The lowest BCUT2D eigenvalue weighted by molar-refractivity contribution is -0.139. The monoisotopic (exact) mass is 503 g/mol. The van der Waals surface area contributed by atoms with E-state index in [4.69, 9.17) is 0 Å². The van der Waals surface area contributed by atoms with E-state index in [9.17, 15) is 14.7 Å². The number of hydrogen-bond acceptors (Lipinski definition) is 6. The first kappa shape index (κ1) is 26.1. The number of hydrogen-bond donors (Lipinski definition) is 4. The highest BCUT2D eigenvalue weighted by atomic mass is 16.4. The summed E-state index contributed by atoms with van der Waals surface area (Å²) in [5.74, 6) is 0.239. The normalized spacial score (nSPS) is 12.2. The van der Waals surface area contributed by atoms with Crippen molar-refractivity contribution in [3.05, 3.63) is 84.5 Å². The first-order chi connectivity index (χ1) is 17.9. The van der Waals surface area contributed by atoms with Crippen molar-refractivity contribution >= 4 is 22.6 Å². The second-order valence-corrected chi connectivity index (χ2v) is 9.16. The molecule has 194 valence electrons.